The van der Waals surface area contributed by atoms with E-state index in [1.54, 1.807) is 18.2 Å². The normalized spacial score (nSPS) is 15.1. The van der Waals surface area contributed by atoms with Gasteiger partial charge < -0.3 is 16.0 Å². The van der Waals surface area contributed by atoms with Crippen molar-refractivity contribution in [2.45, 2.75) is 6.54 Å². The Morgan fingerprint density at radius 1 is 1.32 bits per heavy atom. The molecule has 1 aliphatic heterocycles. The van der Waals surface area contributed by atoms with Crippen molar-refractivity contribution in [2.75, 3.05) is 24.6 Å². The van der Waals surface area contributed by atoms with Crippen LogP contribution in [0.25, 0.3) is 0 Å². The van der Waals surface area contributed by atoms with E-state index in [2.05, 4.69) is 5.32 Å². The predicted molar refractivity (Wildman–Crippen MR) is 76.1 cm³/mol. The van der Waals surface area contributed by atoms with E-state index >= 15 is 0 Å². The van der Waals surface area contributed by atoms with Gasteiger partial charge in [0.05, 0.1) is 0 Å². The van der Waals surface area contributed by atoms with Crippen molar-refractivity contribution in [3.05, 3.63) is 35.4 Å². The third kappa shape index (κ3) is 3.89. The van der Waals surface area contributed by atoms with E-state index in [-0.39, 0.29) is 6.03 Å². The van der Waals surface area contributed by atoms with E-state index in [4.69, 9.17) is 5.73 Å². The summed E-state index contributed by atoms with van der Waals surface area (Å²) in [5, 5.41) is 2.86. The van der Waals surface area contributed by atoms with Crippen molar-refractivity contribution < 1.29 is 9.59 Å². The van der Waals surface area contributed by atoms with Crippen LogP contribution in [0, 0.1) is 0 Å². The molecule has 1 heterocycles. The van der Waals surface area contributed by atoms with E-state index in [1.165, 1.54) is 0 Å². The first-order valence-electron chi connectivity index (χ1n) is 6.16. The van der Waals surface area contributed by atoms with Gasteiger partial charge in [0, 0.05) is 36.7 Å². The second kappa shape index (κ2) is 6.47. The fourth-order valence-corrected chi connectivity index (χ4v) is 2.79. The summed E-state index contributed by atoms with van der Waals surface area (Å²) in [5.41, 5.74) is 6.55. The second-order valence-corrected chi connectivity index (χ2v) is 5.55. The minimum atomic E-state index is -0.457. The molecule has 0 aliphatic carbocycles. The molecule has 0 atom stereocenters. The molecule has 0 spiro atoms. The lowest BCUT2D eigenvalue weighted by Crippen LogP contribution is -2.44. The highest BCUT2D eigenvalue weighted by molar-refractivity contribution is 7.99. The van der Waals surface area contributed by atoms with Crippen molar-refractivity contribution in [3.8, 4) is 0 Å². The summed E-state index contributed by atoms with van der Waals surface area (Å²) in [5.74, 6) is 1.52. The fourth-order valence-electron chi connectivity index (χ4n) is 1.89. The molecule has 1 saturated heterocycles. The highest BCUT2D eigenvalue weighted by Crippen LogP contribution is 2.09. The zero-order valence-corrected chi connectivity index (χ0v) is 11.4. The van der Waals surface area contributed by atoms with E-state index in [9.17, 15) is 9.59 Å². The number of nitrogens with two attached hydrogens (primary N) is 1. The fraction of sp³-hybridized carbons (Fsp3) is 0.385. The lowest BCUT2D eigenvalue weighted by molar-refractivity contribution is 0.1000. The van der Waals surface area contributed by atoms with Crippen LogP contribution >= 0.6 is 11.8 Å². The first-order valence-corrected chi connectivity index (χ1v) is 7.31. The highest BCUT2D eigenvalue weighted by Gasteiger charge is 2.15. The lowest BCUT2D eigenvalue weighted by Gasteiger charge is -2.26. The third-order valence-corrected chi connectivity index (χ3v) is 3.90. The van der Waals surface area contributed by atoms with E-state index in [0.717, 1.165) is 30.2 Å². The van der Waals surface area contributed by atoms with Crippen LogP contribution in [0.4, 0.5) is 4.79 Å². The maximum atomic E-state index is 11.9. The number of thioether (sulfide) groups is 1. The minimum absolute atomic E-state index is 0.0511. The van der Waals surface area contributed by atoms with E-state index in [0.29, 0.717) is 12.1 Å². The zero-order chi connectivity index (χ0) is 13.7. The molecule has 1 fully saturated rings. The molecule has 5 nitrogen and oxygen atoms in total. The number of nitrogens with one attached hydrogen (secondary N) is 1. The molecule has 0 bridgehead atoms. The van der Waals surface area contributed by atoms with Crippen LogP contribution in [0.5, 0.6) is 0 Å². The van der Waals surface area contributed by atoms with Crippen LogP contribution in [0.3, 0.4) is 0 Å². The monoisotopic (exact) mass is 279 g/mol. The van der Waals surface area contributed by atoms with Crippen molar-refractivity contribution in [1.29, 1.82) is 0 Å². The van der Waals surface area contributed by atoms with Gasteiger partial charge in [-0.2, -0.15) is 11.8 Å². The SMILES string of the molecule is NC(=O)c1cccc(CNC(=O)N2CCSCC2)c1. The molecule has 3 amide bonds. The van der Waals surface area contributed by atoms with Crippen LogP contribution in [0.15, 0.2) is 24.3 Å². The number of amides is 3. The summed E-state index contributed by atoms with van der Waals surface area (Å²) in [6.45, 7) is 1.99. The Balaban J connectivity index is 1.89. The van der Waals surface area contributed by atoms with Gasteiger partial charge in [0.1, 0.15) is 0 Å². The van der Waals surface area contributed by atoms with Gasteiger partial charge in [-0.25, -0.2) is 4.79 Å². The van der Waals surface area contributed by atoms with Crippen LogP contribution in [-0.4, -0.2) is 41.4 Å². The number of urea groups is 1. The van der Waals surface area contributed by atoms with Gasteiger partial charge in [0.25, 0.3) is 0 Å². The summed E-state index contributed by atoms with van der Waals surface area (Å²) in [6, 6.07) is 6.94. The molecular weight excluding hydrogens is 262 g/mol. The lowest BCUT2D eigenvalue weighted by atomic mass is 10.1. The van der Waals surface area contributed by atoms with Crippen LogP contribution in [0.2, 0.25) is 0 Å². The number of carbonyl (C=O) groups is 2. The molecule has 0 radical (unpaired) electrons. The quantitative estimate of drug-likeness (QED) is 0.868. The first-order chi connectivity index (χ1) is 9.16. The van der Waals surface area contributed by atoms with Crippen molar-refractivity contribution in [2.24, 2.45) is 5.73 Å². The van der Waals surface area contributed by atoms with Gasteiger partial charge in [0.15, 0.2) is 0 Å². The second-order valence-electron chi connectivity index (χ2n) is 4.32. The summed E-state index contributed by atoms with van der Waals surface area (Å²) >= 11 is 1.86. The standard InChI is InChI=1S/C13H17N3O2S/c14-12(17)11-3-1-2-10(8-11)9-15-13(18)16-4-6-19-7-5-16/h1-3,8H,4-7,9H2,(H2,14,17)(H,15,18). The number of hydrogen-bond acceptors (Lipinski definition) is 3. The Morgan fingerprint density at radius 3 is 2.74 bits per heavy atom. The molecule has 19 heavy (non-hydrogen) atoms. The van der Waals surface area contributed by atoms with E-state index in [1.807, 2.05) is 22.7 Å². The molecule has 0 aromatic heterocycles. The molecule has 1 aromatic rings. The maximum Gasteiger partial charge on any atom is 0.317 e. The molecule has 3 N–H and O–H groups in total. The highest BCUT2D eigenvalue weighted by atomic mass is 32.2. The molecule has 0 saturated carbocycles. The smallest absolute Gasteiger partial charge is 0.317 e. The maximum absolute atomic E-state index is 11.9. The average molecular weight is 279 g/mol. The number of hydrogen-bond donors (Lipinski definition) is 2. The Morgan fingerprint density at radius 2 is 2.05 bits per heavy atom. The Labute approximate surface area is 116 Å². The van der Waals surface area contributed by atoms with Gasteiger partial charge in [-0.3, -0.25) is 4.79 Å². The van der Waals surface area contributed by atoms with Crippen LogP contribution in [-0.2, 0) is 6.54 Å². The molecule has 1 aromatic carbocycles. The van der Waals surface area contributed by atoms with Crippen molar-refractivity contribution in [1.82, 2.24) is 10.2 Å². The number of primary amides is 1. The molecule has 102 valence electrons. The zero-order valence-electron chi connectivity index (χ0n) is 10.6. The van der Waals surface area contributed by atoms with Crippen molar-refractivity contribution >= 4 is 23.7 Å². The molecule has 6 heteroatoms. The number of benzene rings is 1. The van der Waals surface area contributed by atoms with Gasteiger partial charge in [-0.05, 0) is 17.7 Å². The van der Waals surface area contributed by atoms with Gasteiger partial charge in [-0.1, -0.05) is 12.1 Å². The molecule has 0 unspecified atom stereocenters. The Bertz CT molecular complexity index is 473. The summed E-state index contributed by atoms with van der Waals surface area (Å²) in [7, 11) is 0. The largest absolute Gasteiger partial charge is 0.366 e. The number of rotatable bonds is 3. The van der Waals surface area contributed by atoms with Crippen LogP contribution in [0.1, 0.15) is 15.9 Å². The summed E-state index contributed by atoms with van der Waals surface area (Å²) in [4.78, 5) is 24.8. The number of nitrogens with zero attached hydrogens (tertiary/aromatic N) is 1. The van der Waals surface area contributed by atoms with Gasteiger partial charge >= 0.3 is 6.03 Å². The Hall–Kier alpha value is -1.69. The van der Waals surface area contributed by atoms with Crippen LogP contribution < -0.4 is 11.1 Å². The van der Waals surface area contributed by atoms with E-state index < -0.39 is 5.91 Å². The summed E-state index contributed by atoms with van der Waals surface area (Å²) in [6.07, 6.45) is 0. The number of carbonyl (C=O) groups excluding carboxylic acids is 2. The van der Waals surface area contributed by atoms with Gasteiger partial charge in [-0.15, -0.1) is 0 Å². The van der Waals surface area contributed by atoms with Crippen molar-refractivity contribution in [3.63, 3.8) is 0 Å². The first kappa shape index (κ1) is 13.7. The topological polar surface area (TPSA) is 75.4 Å². The molecule has 2 rings (SSSR count). The predicted octanol–water partition coefficient (Wildman–Crippen LogP) is 1.04. The summed E-state index contributed by atoms with van der Waals surface area (Å²) < 4.78 is 0. The molecular formula is C13H17N3O2S. The third-order valence-electron chi connectivity index (χ3n) is 2.95. The molecule has 1 aliphatic rings. The van der Waals surface area contributed by atoms with Gasteiger partial charge in [0.2, 0.25) is 5.91 Å². The minimum Gasteiger partial charge on any atom is -0.366 e. The Kier molecular flexibility index (Phi) is 4.68. The average Bonchev–Trinajstić information content (AvgIpc) is 2.46.